The molecule has 4 heteroatoms. The third-order valence-corrected chi connectivity index (χ3v) is 7.55. The van der Waals surface area contributed by atoms with E-state index in [2.05, 4.69) is 45.7 Å². The molecule has 3 saturated heterocycles. The number of hydrazine groups is 1. The van der Waals surface area contributed by atoms with Crippen LogP contribution in [0.4, 0.5) is 0 Å². The molecule has 0 spiro atoms. The Bertz CT molecular complexity index is 624. The molecule has 0 aromatic heterocycles. The summed E-state index contributed by atoms with van der Waals surface area (Å²) in [5, 5.41) is 2.52. The summed E-state index contributed by atoms with van der Waals surface area (Å²) < 4.78 is 6.84. The predicted octanol–water partition coefficient (Wildman–Crippen LogP) is 3.34. The number of nitrogens with one attached hydrogen (secondary N) is 1. The van der Waals surface area contributed by atoms with Crippen LogP contribution in [0.2, 0.25) is 0 Å². The highest BCUT2D eigenvalue weighted by molar-refractivity contribution is 5.16. The normalized spacial score (nSPS) is 41.5. The summed E-state index contributed by atoms with van der Waals surface area (Å²) in [4.78, 5) is 2.70. The van der Waals surface area contributed by atoms with Gasteiger partial charge in [-0.25, -0.2) is 5.01 Å². The van der Waals surface area contributed by atoms with Crippen molar-refractivity contribution in [3.63, 3.8) is 0 Å². The quantitative estimate of drug-likeness (QED) is 0.848. The molecular formula is C24H37N3O. The van der Waals surface area contributed by atoms with Crippen LogP contribution >= 0.6 is 0 Å². The van der Waals surface area contributed by atoms with Crippen molar-refractivity contribution in [3.05, 3.63) is 35.9 Å². The minimum Gasteiger partial charge on any atom is -0.373 e. The van der Waals surface area contributed by atoms with E-state index in [1.807, 2.05) is 0 Å². The van der Waals surface area contributed by atoms with E-state index in [9.17, 15) is 0 Å². The summed E-state index contributed by atoms with van der Waals surface area (Å²) >= 11 is 0. The van der Waals surface area contributed by atoms with E-state index in [1.165, 1.54) is 83.2 Å². The van der Waals surface area contributed by atoms with Crippen LogP contribution in [0.3, 0.4) is 0 Å². The van der Waals surface area contributed by atoms with Crippen LogP contribution < -0.4 is 5.43 Å². The van der Waals surface area contributed by atoms with Gasteiger partial charge in [-0.2, -0.15) is 0 Å². The van der Waals surface area contributed by atoms with Gasteiger partial charge in [-0.15, -0.1) is 0 Å². The summed E-state index contributed by atoms with van der Waals surface area (Å²) in [6.07, 6.45) is 10.0. The number of ether oxygens (including phenoxy) is 1. The Morgan fingerprint density at radius 3 is 2.71 bits per heavy atom. The first kappa shape index (κ1) is 19.0. The highest BCUT2D eigenvalue weighted by Crippen LogP contribution is 2.33. The number of nitrogens with zero attached hydrogens (tertiary/aromatic N) is 2. The Morgan fingerprint density at radius 2 is 1.79 bits per heavy atom. The zero-order valence-electron chi connectivity index (χ0n) is 17.3. The average molecular weight is 384 g/mol. The standard InChI is InChI=1S/C24H37N3O/c1-2-6-19(7-3-1)12-22-17-26-11-5-9-21-14-25-27(16-21)15-20-8-4-10-23(13-20)28-24(22)18-26/h1-3,6-7,20-25H,4-5,8-18H2/t20?,21?,22-,23?,24+/m0/s1. The number of hydrogen-bond acceptors (Lipinski definition) is 4. The van der Waals surface area contributed by atoms with E-state index in [4.69, 9.17) is 4.74 Å². The van der Waals surface area contributed by atoms with Gasteiger partial charge < -0.3 is 9.64 Å². The summed E-state index contributed by atoms with van der Waals surface area (Å²) in [5.74, 6) is 2.30. The molecule has 154 valence electrons. The third kappa shape index (κ3) is 4.62. The molecule has 4 nitrogen and oxygen atoms in total. The molecule has 1 saturated carbocycles. The molecule has 1 aliphatic carbocycles. The van der Waals surface area contributed by atoms with Crippen molar-refractivity contribution in [1.82, 2.24) is 15.3 Å². The molecule has 1 aromatic rings. The van der Waals surface area contributed by atoms with Gasteiger partial charge in [0.2, 0.25) is 0 Å². The van der Waals surface area contributed by atoms with Crippen molar-refractivity contribution in [3.8, 4) is 0 Å². The van der Waals surface area contributed by atoms with Gasteiger partial charge in [-0.05, 0) is 62.5 Å². The Hall–Kier alpha value is -0.940. The molecule has 5 unspecified atom stereocenters. The highest BCUT2D eigenvalue weighted by Gasteiger charge is 2.37. The second-order valence-electron chi connectivity index (χ2n) is 9.81. The van der Waals surface area contributed by atoms with Crippen LogP contribution in [0.5, 0.6) is 0 Å². The lowest BCUT2D eigenvalue weighted by Gasteiger charge is -2.34. The molecule has 1 N–H and O–H groups in total. The molecular weight excluding hydrogens is 346 g/mol. The van der Waals surface area contributed by atoms with Crippen LogP contribution in [0.15, 0.2) is 30.3 Å². The fraction of sp³-hybridized carbons (Fsp3) is 0.750. The van der Waals surface area contributed by atoms with Crippen LogP contribution in [0.1, 0.15) is 44.1 Å². The highest BCUT2D eigenvalue weighted by atomic mass is 16.5. The van der Waals surface area contributed by atoms with E-state index in [0.29, 0.717) is 18.1 Å². The smallest absolute Gasteiger partial charge is 0.0749 e. The summed E-state index contributed by atoms with van der Waals surface area (Å²) in [7, 11) is 0. The maximum atomic E-state index is 6.84. The van der Waals surface area contributed by atoms with E-state index in [1.54, 1.807) is 0 Å². The maximum Gasteiger partial charge on any atom is 0.0749 e. The molecule has 0 amide bonds. The first-order chi connectivity index (χ1) is 13.8. The molecule has 4 aliphatic rings. The van der Waals surface area contributed by atoms with Crippen molar-refractivity contribution in [2.24, 2.45) is 17.8 Å². The lowest BCUT2D eigenvalue weighted by Crippen LogP contribution is -2.39. The zero-order chi connectivity index (χ0) is 18.8. The Kier molecular flexibility index (Phi) is 6.00. The van der Waals surface area contributed by atoms with Gasteiger partial charge in [0.15, 0.2) is 0 Å². The molecule has 4 fully saturated rings. The SMILES string of the molecule is c1ccc(C[C@H]2CN3CCCC4CNN(C4)CC4CCCC(C4)O[C@@H]2C3)cc1. The Labute approximate surface area is 170 Å². The molecule has 6 bridgehead atoms. The first-order valence-corrected chi connectivity index (χ1v) is 11.7. The van der Waals surface area contributed by atoms with Gasteiger partial charge in [-0.1, -0.05) is 36.8 Å². The van der Waals surface area contributed by atoms with Gasteiger partial charge in [0.1, 0.15) is 0 Å². The lowest BCUT2D eigenvalue weighted by atomic mass is 9.86. The third-order valence-electron chi connectivity index (χ3n) is 7.55. The van der Waals surface area contributed by atoms with Gasteiger partial charge in [0, 0.05) is 38.6 Å². The monoisotopic (exact) mass is 383 g/mol. The van der Waals surface area contributed by atoms with Crippen molar-refractivity contribution in [2.75, 3.05) is 39.3 Å². The van der Waals surface area contributed by atoms with Crippen molar-refractivity contribution < 1.29 is 4.74 Å². The number of rotatable bonds is 2. The fourth-order valence-electron chi connectivity index (χ4n) is 6.10. The average Bonchev–Trinajstić information content (AvgIpc) is 3.29. The Morgan fingerprint density at radius 1 is 0.929 bits per heavy atom. The lowest BCUT2D eigenvalue weighted by molar-refractivity contribution is -0.0545. The molecule has 28 heavy (non-hydrogen) atoms. The van der Waals surface area contributed by atoms with Crippen LogP contribution in [0, 0.1) is 17.8 Å². The summed E-state index contributed by atoms with van der Waals surface area (Å²) in [6, 6.07) is 11.1. The molecule has 5 rings (SSSR count). The van der Waals surface area contributed by atoms with Gasteiger partial charge in [-0.3, -0.25) is 5.43 Å². The largest absolute Gasteiger partial charge is 0.373 e. The van der Waals surface area contributed by atoms with Crippen molar-refractivity contribution in [1.29, 1.82) is 0 Å². The molecule has 7 atom stereocenters. The summed E-state index contributed by atoms with van der Waals surface area (Å²) in [6.45, 7) is 7.27. The number of hydrogen-bond donors (Lipinski definition) is 1. The predicted molar refractivity (Wildman–Crippen MR) is 113 cm³/mol. The second-order valence-corrected chi connectivity index (χ2v) is 9.81. The Balaban J connectivity index is 1.29. The van der Waals surface area contributed by atoms with E-state index in [0.717, 1.165) is 18.4 Å². The topological polar surface area (TPSA) is 27.7 Å². The van der Waals surface area contributed by atoms with Gasteiger partial charge >= 0.3 is 0 Å². The van der Waals surface area contributed by atoms with Gasteiger partial charge in [0.25, 0.3) is 0 Å². The fourth-order valence-corrected chi connectivity index (χ4v) is 6.10. The number of benzene rings is 1. The number of fused-ring (bicyclic) bond motifs is 6. The first-order valence-electron chi connectivity index (χ1n) is 11.7. The molecule has 3 heterocycles. The van der Waals surface area contributed by atoms with Crippen LogP contribution in [-0.2, 0) is 11.2 Å². The maximum absolute atomic E-state index is 6.84. The zero-order valence-corrected chi connectivity index (χ0v) is 17.3. The minimum atomic E-state index is 0.419. The van der Waals surface area contributed by atoms with Crippen molar-refractivity contribution >= 4 is 0 Å². The molecule has 0 radical (unpaired) electrons. The molecule has 3 aliphatic heterocycles. The minimum absolute atomic E-state index is 0.419. The van der Waals surface area contributed by atoms with Crippen LogP contribution in [-0.4, -0.2) is 61.4 Å². The van der Waals surface area contributed by atoms with E-state index < -0.39 is 0 Å². The summed E-state index contributed by atoms with van der Waals surface area (Å²) in [5.41, 5.74) is 5.15. The van der Waals surface area contributed by atoms with E-state index >= 15 is 0 Å². The van der Waals surface area contributed by atoms with E-state index in [-0.39, 0.29) is 0 Å². The van der Waals surface area contributed by atoms with Gasteiger partial charge in [0.05, 0.1) is 12.2 Å². The van der Waals surface area contributed by atoms with Crippen molar-refractivity contribution in [2.45, 2.75) is 57.2 Å². The van der Waals surface area contributed by atoms with Crippen LogP contribution in [0.25, 0.3) is 0 Å². The second kappa shape index (κ2) is 8.83. The molecule has 1 aromatic carbocycles.